The highest BCUT2D eigenvalue weighted by atomic mass is 127. The summed E-state index contributed by atoms with van der Waals surface area (Å²) in [6, 6.07) is 10.8. The molecule has 8 nitrogen and oxygen atoms in total. The van der Waals surface area contributed by atoms with Crippen molar-refractivity contribution in [2.24, 2.45) is 16.8 Å². The van der Waals surface area contributed by atoms with Gasteiger partial charge in [0.05, 0.1) is 19.3 Å². The molecule has 0 spiro atoms. The number of benzene rings is 1. The van der Waals surface area contributed by atoms with Gasteiger partial charge in [0.25, 0.3) is 5.91 Å². The highest BCUT2D eigenvalue weighted by Crippen LogP contribution is 2.24. The van der Waals surface area contributed by atoms with E-state index in [1.165, 1.54) is 13.4 Å². The molecule has 9 heteroatoms. The number of methoxy groups -OCH3 is 1. The van der Waals surface area contributed by atoms with E-state index in [0.717, 1.165) is 18.1 Å². The highest BCUT2D eigenvalue weighted by molar-refractivity contribution is 14.0. The van der Waals surface area contributed by atoms with Gasteiger partial charge in [0.15, 0.2) is 11.7 Å². The molecule has 3 rings (SSSR count). The van der Waals surface area contributed by atoms with Crippen LogP contribution in [0.5, 0.6) is 0 Å². The van der Waals surface area contributed by atoms with Crippen LogP contribution in [0.2, 0.25) is 0 Å². The molecule has 2 atom stereocenters. The Morgan fingerprint density at radius 2 is 1.97 bits per heavy atom. The zero-order valence-electron chi connectivity index (χ0n) is 17.3. The van der Waals surface area contributed by atoms with Crippen LogP contribution in [0.1, 0.15) is 23.0 Å². The third-order valence-corrected chi connectivity index (χ3v) is 5.04. The Balaban J connectivity index is 0.00000320. The van der Waals surface area contributed by atoms with Crippen molar-refractivity contribution < 1.29 is 18.7 Å². The predicted octanol–water partition coefficient (Wildman–Crippen LogP) is 2.97. The second kappa shape index (κ2) is 11.0. The van der Waals surface area contributed by atoms with Crippen LogP contribution in [0, 0.1) is 11.8 Å². The van der Waals surface area contributed by atoms with Gasteiger partial charge in [-0.3, -0.25) is 14.6 Å². The lowest BCUT2D eigenvalue weighted by Gasteiger charge is -2.21. The van der Waals surface area contributed by atoms with Gasteiger partial charge in [-0.05, 0) is 35.7 Å². The number of carbonyl (C=O) groups is 2. The maximum Gasteiger partial charge on any atom is 0.310 e. The predicted molar refractivity (Wildman–Crippen MR) is 125 cm³/mol. The van der Waals surface area contributed by atoms with Gasteiger partial charge >= 0.3 is 5.97 Å². The Morgan fingerprint density at radius 3 is 2.57 bits per heavy atom. The molecule has 30 heavy (non-hydrogen) atoms. The molecule has 1 aliphatic rings. The van der Waals surface area contributed by atoms with Gasteiger partial charge in [-0.15, -0.1) is 24.0 Å². The van der Waals surface area contributed by atoms with E-state index >= 15 is 0 Å². The van der Waals surface area contributed by atoms with E-state index in [9.17, 15) is 9.59 Å². The smallest absolute Gasteiger partial charge is 0.310 e. The van der Waals surface area contributed by atoms with Crippen molar-refractivity contribution in [3.8, 4) is 0 Å². The Labute approximate surface area is 193 Å². The van der Waals surface area contributed by atoms with Crippen molar-refractivity contribution in [2.45, 2.75) is 13.5 Å². The number of likely N-dealkylation sites (tertiary alicyclic amines) is 1. The summed E-state index contributed by atoms with van der Waals surface area (Å²) in [5, 5.41) is 6.12. The van der Waals surface area contributed by atoms with E-state index in [1.54, 1.807) is 19.2 Å². The largest absolute Gasteiger partial charge is 0.469 e. The maximum atomic E-state index is 12.0. The van der Waals surface area contributed by atoms with Gasteiger partial charge in [-0.1, -0.05) is 19.1 Å². The third kappa shape index (κ3) is 5.74. The lowest BCUT2D eigenvalue weighted by atomic mass is 9.99. The molecule has 1 saturated heterocycles. The van der Waals surface area contributed by atoms with Gasteiger partial charge in [-0.2, -0.15) is 0 Å². The normalized spacial score (nSPS) is 18.5. The Bertz CT molecular complexity index is 868. The van der Waals surface area contributed by atoms with Gasteiger partial charge in [0, 0.05) is 32.4 Å². The molecule has 2 aromatic rings. The van der Waals surface area contributed by atoms with Crippen molar-refractivity contribution in [3.63, 3.8) is 0 Å². The fraction of sp³-hybridized carbons (Fsp3) is 0.381. The topological polar surface area (TPSA) is 96.2 Å². The molecule has 0 saturated carbocycles. The molecule has 0 aliphatic carbocycles. The molecule has 1 aromatic heterocycles. The Hall–Kier alpha value is -2.56. The molecule has 1 fully saturated rings. The first-order chi connectivity index (χ1) is 14.0. The molecule has 1 aromatic carbocycles. The molecule has 2 N–H and O–H groups in total. The fourth-order valence-corrected chi connectivity index (χ4v) is 3.42. The Kier molecular flexibility index (Phi) is 8.70. The van der Waals surface area contributed by atoms with Crippen LogP contribution in [0.3, 0.4) is 0 Å². The van der Waals surface area contributed by atoms with Crippen LogP contribution < -0.4 is 10.6 Å². The molecular weight excluding hydrogens is 499 g/mol. The van der Waals surface area contributed by atoms with Crippen LogP contribution >= 0.6 is 24.0 Å². The highest BCUT2D eigenvalue weighted by Gasteiger charge is 2.36. The number of aliphatic imine (C=N–C) groups is 1. The minimum atomic E-state index is -0.287. The van der Waals surface area contributed by atoms with Crippen molar-refractivity contribution in [3.05, 3.63) is 54.0 Å². The van der Waals surface area contributed by atoms with Crippen molar-refractivity contribution in [1.82, 2.24) is 10.2 Å². The van der Waals surface area contributed by atoms with Crippen molar-refractivity contribution in [1.29, 1.82) is 0 Å². The number of ether oxygens (including phenoxy) is 1. The average molecular weight is 526 g/mol. The summed E-state index contributed by atoms with van der Waals surface area (Å²) in [4.78, 5) is 30.3. The number of furan rings is 1. The van der Waals surface area contributed by atoms with Gasteiger partial charge < -0.3 is 24.7 Å². The van der Waals surface area contributed by atoms with Gasteiger partial charge in [0.1, 0.15) is 0 Å². The van der Waals surface area contributed by atoms with E-state index in [2.05, 4.69) is 20.5 Å². The molecule has 2 unspecified atom stereocenters. The minimum absolute atomic E-state index is 0. The number of amides is 1. The second-order valence-electron chi connectivity index (χ2n) is 7.04. The quantitative estimate of drug-likeness (QED) is 0.269. The Morgan fingerprint density at radius 1 is 1.23 bits per heavy atom. The molecule has 162 valence electrons. The van der Waals surface area contributed by atoms with Gasteiger partial charge in [0.2, 0.25) is 0 Å². The second-order valence-corrected chi connectivity index (χ2v) is 7.04. The van der Waals surface area contributed by atoms with E-state index in [0.29, 0.717) is 18.8 Å². The van der Waals surface area contributed by atoms with Crippen molar-refractivity contribution in [2.75, 3.05) is 32.6 Å². The number of carbonyl (C=O) groups excluding carboxylic acids is 2. The summed E-state index contributed by atoms with van der Waals surface area (Å²) < 4.78 is 9.98. The number of guanidine groups is 1. The number of nitrogens with one attached hydrogen (secondary N) is 2. The summed E-state index contributed by atoms with van der Waals surface area (Å²) in [5.41, 5.74) is 1.73. The summed E-state index contributed by atoms with van der Waals surface area (Å²) in [7, 11) is 3.15. The number of anilines is 1. The average Bonchev–Trinajstić information content (AvgIpc) is 3.39. The number of halogens is 1. The zero-order valence-corrected chi connectivity index (χ0v) is 19.6. The number of esters is 1. The zero-order chi connectivity index (χ0) is 20.8. The molecule has 2 heterocycles. The molecule has 1 amide bonds. The molecule has 0 radical (unpaired) electrons. The van der Waals surface area contributed by atoms with Crippen LogP contribution in [-0.2, 0) is 16.1 Å². The van der Waals surface area contributed by atoms with Gasteiger partial charge in [-0.25, -0.2) is 0 Å². The van der Waals surface area contributed by atoms with E-state index in [4.69, 9.17) is 9.15 Å². The third-order valence-electron chi connectivity index (χ3n) is 5.04. The molecule has 0 bridgehead atoms. The first-order valence-corrected chi connectivity index (χ1v) is 9.49. The standard InChI is InChI=1S/C21H26N4O4.HI/c1-14-12-25(13-17(14)20(27)28-3)21(22-2)23-11-15-6-8-16(9-7-15)24-19(26)18-5-4-10-29-18;/h4-10,14,17H,11-13H2,1-3H3,(H,22,23)(H,24,26);1H. The summed E-state index contributed by atoms with van der Waals surface area (Å²) in [6.45, 7) is 3.96. The van der Waals surface area contributed by atoms with E-state index in [-0.39, 0.29) is 53.4 Å². The molecule has 1 aliphatic heterocycles. The lowest BCUT2D eigenvalue weighted by molar-refractivity contribution is -0.145. The van der Waals surface area contributed by atoms with E-state index in [1.807, 2.05) is 31.2 Å². The molecular formula is C21H27IN4O4. The number of hydrogen-bond donors (Lipinski definition) is 2. The first-order valence-electron chi connectivity index (χ1n) is 9.49. The lowest BCUT2D eigenvalue weighted by Crippen LogP contribution is -2.40. The summed E-state index contributed by atoms with van der Waals surface area (Å²) >= 11 is 0. The minimum Gasteiger partial charge on any atom is -0.469 e. The maximum absolute atomic E-state index is 12.0. The van der Waals surface area contributed by atoms with Crippen molar-refractivity contribution >= 4 is 47.5 Å². The van der Waals surface area contributed by atoms with Crippen LogP contribution in [-0.4, -0.2) is 50.0 Å². The monoisotopic (exact) mass is 526 g/mol. The van der Waals surface area contributed by atoms with Crippen LogP contribution in [0.4, 0.5) is 5.69 Å². The number of hydrogen-bond acceptors (Lipinski definition) is 5. The SMILES string of the molecule is CN=C(NCc1ccc(NC(=O)c2ccco2)cc1)N1CC(C)C(C(=O)OC)C1.I. The fourth-order valence-electron chi connectivity index (χ4n) is 3.42. The number of rotatable bonds is 5. The van der Waals surface area contributed by atoms with Crippen LogP contribution in [0.25, 0.3) is 0 Å². The van der Waals surface area contributed by atoms with E-state index < -0.39 is 0 Å². The summed E-state index contributed by atoms with van der Waals surface area (Å²) in [5.74, 6) is 0.615. The first kappa shape index (κ1) is 23.7. The van der Waals surface area contributed by atoms with Crippen LogP contribution in [0.15, 0.2) is 52.1 Å². The summed E-state index contributed by atoms with van der Waals surface area (Å²) in [6.07, 6.45) is 1.46. The number of nitrogens with zero attached hydrogens (tertiary/aromatic N) is 2.